The van der Waals surface area contributed by atoms with Crippen molar-refractivity contribution in [1.82, 2.24) is 0 Å². The number of carbonyl (C=O) groups excluding carboxylic acids is 2. The Morgan fingerprint density at radius 2 is 1.69 bits per heavy atom. The van der Waals surface area contributed by atoms with Crippen LogP contribution in [-0.2, 0) is 23.6 Å². The van der Waals surface area contributed by atoms with Crippen LogP contribution in [0, 0.1) is 6.92 Å². The first-order valence-electron chi connectivity index (χ1n) is 8.82. The number of nitrogens with zero attached hydrogens (tertiary/aromatic N) is 1. The van der Waals surface area contributed by atoms with Gasteiger partial charge < -0.3 is 18.9 Å². The minimum absolute atomic E-state index is 0.111. The van der Waals surface area contributed by atoms with Gasteiger partial charge in [0.05, 0.1) is 17.7 Å². The van der Waals surface area contributed by atoms with Crippen LogP contribution < -0.4 is 10.4 Å². The largest absolute Gasteiger partial charge is 0.495 e. The van der Waals surface area contributed by atoms with Gasteiger partial charge in [0, 0.05) is 19.5 Å². The summed E-state index contributed by atoms with van der Waals surface area (Å²) in [6, 6.07) is 5.71. The standard InChI is InChI=1S/C19H28BNO5/c1-13-12-16(21(14(2)22)10-11-24-15(3)23)8-9-17(13)20-25-18(4,5)19(6,7)26-20/h8-9,12H,10-11H2,1-7H3. The van der Waals surface area contributed by atoms with Gasteiger partial charge >= 0.3 is 13.1 Å². The van der Waals surface area contributed by atoms with Crippen molar-refractivity contribution in [1.29, 1.82) is 0 Å². The Bertz CT molecular complexity index is 685. The molecular weight excluding hydrogens is 333 g/mol. The van der Waals surface area contributed by atoms with Gasteiger partial charge in [0.15, 0.2) is 0 Å². The van der Waals surface area contributed by atoms with Crippen LogP contribution in [0.1, 0.15) is 47.1 Å². The highest BCUT2D eigenvalue weighted by Gasteiger charge is 2.52. The Morgan fingerprint density at radius 3 is 2.15 bits per heavy atom. The third kappa shape index (κ3) is 4.27. The highest BCUT2D eigenvalue weighted by molar-refractivity contribution is 6.62. The van der Waals surface area contributed by atoms with E-state index in [2.05, 4.69) is 0 Å². The van der Waals surface area contributed by atoms with Crippen LogP contribution in [0.25, 0.3) is 0 Å². The van der Waals surface area contributed by atoms with Gasteiger partial charge in [0.1, 0.15) is 6.61 Å². The van der Waals surface area contributed by atoms with Crippen LogP contribution in [0.4, 0.5) is 5.69 Å². The van der Waals surface area contributed by atoms with E-state index in [-0.39, 0.29) is 18.5 Å². The van der Waals surface area contributed by atoms with Gasteiger partial charge in [-0.25, -0.2) is 0 Å². The SMILES string of the molecule is CC(=O)OCCN(C(C)=O)c1ccc(B2OC(C)(C)C(C)(C)O2)c(C)c1. The fraction of sp³-hybridized carbons (Fsp3) is 0.579. The highest BCUT2D eigenvalue weighted by Crippen LogP contribution is 2.36. The summed E-state index contributed by atoms with van der Waals surface area (Å²) in [5.74, 6) is -0.472. The molecule has 0 aromatic heterocycles. The molecule has 0 bridgehead atoms. The zero-order valence-electron chi connectivity index (χ0n) is 16.7. The summed E-state index contributed by atoms with van der Waals surface area (Å²) in [6.07, 6.45) is 0. The molecule has 142 valence electrons. The lowest BCUT2D eigenvalue weighted by atomic mass is 9.76. The third-order valence-electron chi connectivity index (χ3n) is 5.07. The van der Waals surface area contributed by atoms with Crippen LogP contribution in [-0.4, -0.2) is 43.3 Å². The van der Waals surface area contributed by atoms with E-state index in [1.54, 1.807) is 4.90 Å². The molecule has 2 rings (SSSR count). The molecular formula is C19H28BNO5. The van der Waals surface area contributed by atoms with Gasteiger partial charge in [-0.3, -0.25) is 9.59 Å². The first-order valence-corrected chi connectivity index (χ1v) is 8.82. The molecule has 1 aliphatic rings. The van der Waals surface area contributed by atoms with Crippen LogP contribution in [0.3, 0.4) is 0 Å². The Balaban J connectivity index is 2.20. The summed E-state index contributed by atoms with van der Waals surface area (Å²) in [5.41, 5.74) is 1.86. The van der Waals surface area contributed by atoms with E-state index in [9.17, 15) is 9.59 Å². The molecule has 0 unspecified atom stereocenters. The molecule has 1 heterocycles. The number of anilines is 1. The number of carbonyl (C=O) groups is 2. The normalized spacial score (nSPS) is 17.9. The Morgan fingerprint density at radius 1 is 1.12 bits per heavy atom. The highest BCUT2D eigenvalue weighted by atomic mass is 16.7. The van der Waals surface area contributed by atoms with Crippen LogP contribution in [0.5, 0.6) is 0 Å². The molecule has 1 saturated heterocycles. The van der Waals surface area contributed by atoms with Crippen molar-refractivity contribution in [3.63, 3.8) is 0 Å². The summed E-state index contributed by atoms with van der Waals surface area (Å²) in [4.78, 5) is 24.5. The molecule has 6 nitrogen and oxygen atoms in total. The lowest BCUT2D eigenvalue weighted by Gasteiger charge is -2.32. The quantitative estimate of drug-likeness (QED) is 0.594. The summed E-state index contributed by atoms with van der Waals surface area (Å²) in [7, 11) is -0.444. The van der Waals surface area contributed by atoms with E-state index >= 15 is 0 Å². The first kappa shape index (κ1) is 20.5. The number of ether oxygens (including phenoxy) is 1. The second kappa shape index (κ2) is 7.41. The average molecular weight is 361 g/mol. The Hall–Kier alpha value is -1.86. The Labute approximate surface area is 155 Å². The molecule has 1 amide bonds. The van der Waals surface area contributed by atoms with Gasteiger partial charge in [0.25, 0.3) is 0 Å². The molecule has 0 aliphatic carbocycles. The molecule has 0 saturated carbocycles. The molecule has 0 atom stereocenters. The topological polar surface area (TPSA) is 65.1 Å². The van der Waals surface area contributed by atoms with E-state index in [1.165, 1.54) is 13.8 Å². The predicted molar refractivity (Wildman–Crippen MR) is 102 cm³/mol. The number of esters is 1. The lowest BCUT2D eigenvalue weighted by molar-refractivity contribution is -0.140. The molecule has 7 heteroatoms. The van der Waals surface area contributed by atoms with Crippen LogP contribution in [0.2, 0.25) is 0 Å². The van der Waals surface area contributed by atoms with Crippen molar-refractivity contribution >= 4 is 30.1 Å². The second-order valence-electron chi connectivity index (χ2n) is 7.64. The van der Waals surface area contributed by atoms with Crippen LogP contribution in [0.15, 0.2) is 18.2 Å². The van der Waals surface area contributed by atoms with E-state index in [0.29, 0.717) is 6.54 Å². The third-order valence-corrected chi connectivity index (χ3v) is 5.07. The van der Waals surface area contributed by atoms with E-state index in [1.807, 2.05) is 52.8 Å². The smallest absolute Gasteiger partial charge is 0.464 e. The van der Waals surface area contributed by atoms with Gasteiger partial charge in [0.2, 0.25) is 5.91 Å². The molecule has 1 aromatic carbocycles. The second-order valence-corrected chi connectivity index (χ2v) is 7.64. The monoisotopic (exact) mass is 361 g/mol. The number of hydrogen-bond donors (Lipinski definition) is 0. The van der Waals surface area contributed by atoms with E-state index in [0.717, 1.165) is 16.7 Å². The summed E-state index contributed by atoms with van der Waals surface area (Å²) in [5, 5.41) is 0. The van der Waals surface area contributed by atoms with Crippen molar-refractivity contribution in [3.8, 4) is 0 Å². The zero-order valence-corrected chi connectivity index (χ0v) is 16.7. The summed E-state index contributed by atoms with van der Waals surface area (Å²) < 4.78 is 17.2. The van der Waals surface area contributed by atoms with Crippen molar-refractivity contribution in [2.24, 2.45) is 0 Å². The molecule has 0 radical (unpaired) electrons. The fourth-order valence-corrected chi connectivity index (χ4v) is 2.81. The van der Waals surface area contributed by atoms with Crippen molar-refractivity contribution in [2.45, 2.75) is 59.7 Å². The zero-order chi connectivity index (χ0) is 19.7. The fourth-order valence-electron chi connectivity index (χ4n) is 2.81. The van der Waals surface area contributed by atoms with Crippen molar-refractivity contribution in [3.05, 3.63) is 23.8 Å². The maximum atomic E-state index is 12.0. The molecule has 0 N–H and O–H groups in total. The number of hydrogen-bond acceptors (Lipinski definition) is 5. The maximum absolute atomic E-state index is 12.0. The van der Waals surface area contributed by atoms with Crippen LogP contribution >= 0.6 is 0 Å². The predicted octanol–water partition coefficient (Wildman–Crippen LogP) is 2.21. The van der Waals surface area contributed by atoms with Gasteiger partial charge in [-0.15, -0.1) is 0 Å². The minimum atomic E-state index is -0.444. The van der Waals surface area contributed by atoms with E-state index < -0.39 is 18.3 Å². The van der Waals surface area contributed by atoms with Crippen molar-refractivity contribution in [2.75, 3.05) is 18.1 Å². The maximum Gasteiger partial charge on any atom is 0.495 e. The summed E-state index contributed by atoms with van der Waals surface area (Å²) >= 11 is 0. The van der Waals surface area contributed by atoms with E-state index in [4.69, 9.17) is 14.0 Å². The molecule has 0 spiro atoms. The first-order chi connectivity index (χ1) is 11.9. The van der Waals surface area contributed by atoms with Gasteiger partial charge in [-0.05, 0) is 57.8 Å². The summed E-state index contributed by atoms with van der Waals surface area (Å²) in [6.45, 7) is 13.3. The number of benzene rings is 1. The van der Waals surface area contributed by atoms with Gasteiger partial charge in [-0.2, -0.15) is 0 Å². The number of rotatable bonds is 5. The molecule has 1 aromatic rings. The molecule has 26 heavy (non-hydrogen) atoms. The van der Waals surface area contributed by atoms with Crippen molar-refractivity contribution < 1.29 is 23.6 Å². The van der Waals surface area contributed by atoms with Gasteiger partial charge in [-0.1, -0.05) is 6.07 Å². The minimum Gasteiger partial charge on any atom is -0.464 e. The molecule has 1 aliphatic heterocycles. The average Bonchev–Trinajstić information content (AvgIpc) is 2.71. The number of amides is 1. The molecule has 1 fully saturated rings. The lowest BCUT2D eigenvalue weighted by Crippen LogP contribution is -2.41. The Kier molecular flexibility index (Phi) is 5.83. The number of aryl methyl sites for hydroxylation is 1.